The van der Waals surface area contributed by atoms with Crippen LogP contribution in [0.1, 0.15) is 30.6 Å². The fourth-order valence-corrected chi connectivity index (χ4v) is 4.35. The predicted molar refractivity (Wildman–Crippen MR) is 124 cm³/mol. The Morgan fingerprint density at radius 2 is 1.94 bits per heavy atom. The highest BCUT2D eigenvalue weighted by Crippen LogP contribution is 2.31. The molecule has 1 aromatic heterocycles. The third-order valence-electron chi connectivity index (χ3n) is 5.00. The van der Waals surface area contributed by atoms with E-state index >= 15 is 0 Å². The highest BCUT2D eigenvalue weighted by Gasteiger charge is 2.17. The minimum absolute atomic E-state index is 0.0657. The van der Waals surface area contributed by atoms with Gasteiger partial charge in [-0.3, -0.25) is 14.2 Å². The SMILES string of the molecule is CC(C)OCCCn1c(SCC(=O)c2ccc3c(c2)OCCO3)nc2ccccc2c1=O. The number of carbonyl (C=O) groups excluding carboxylic acids is 1. The van der Waals surface area contributed by atoms with Gasteiger partial charge in [0, 0.05) is 18.7 Å². The summed E-state index contributed by atoms with van der Waals surface area (Å²) in [4.78, 5) is 30.6. The Hall–Kier alpha value is -2.84. The second kappa shape index (κ2) is 10.2. The van der Waals surface area contributed by atoms with Gasteiger partial charge in [-0.15, -0.1) is 0 Å². The van der Waals surface area contributed by atoms with E-state index in [0.29, 0.717) is 65.9 Å². The Morgan fingerprint density at radius 1 is 1.16 bits per heavy atom. The smallest absolute Gasteiger partial charge is 0.262 e. The summed E-state index contributed by atoms with van der Waals surface area (Å²) in [5.41, 5.74) is 1.07. The molecule has 1 aliphatic heterocycles. The van der Waals surface area contributed by atoms with Crippen LogP contribution in [0.3, 0.4) is 0 Å². The maximum Gasteiger partial charge on any atom is 0.262 e. The fraction of sp³-hybridized carbons (Fsp3) is 0.375. The van der Waals surface area contributed by atoms with Crippen LogP contribution in [0.4, 0.5) is 0 Å². The number of nitrogens with zero attached hydrogens (tertiary/aromatic N) is 2. The van der Waals surface area contributed by atoms with Crippen molar-refractivity contribution < 1.29 is 19.0 Å². The lowest BCUT2D eigenvalue weighted by atomic mass is 10.1. The molecule has 4 rings (SSSR count). The molecule has 168 valence electrons. The summed E-state index contributed by atoms with van der Waals surface area (Å²) in [5, 5.41) is 1.10. The van der Waals surface area contributed by atoms with E-state index in [1.54, 1.807) is 28.8 Å². The van der Waals surface area contributed by atoms with Gasteiger partial charge in [0.1, 0.15) is 13.2 Å². The van der Waals surface area contributed by atoms with Crippen molar-refractivity contribution in [1.82, 2.24) is 9.55 Å². The summed E-state index contributed by atoms with van der Waals surface area (Å²) in [6.45, 7) is 5.96. The lowest BCUT2D eigenvalue weighted by Gasteiger charge is -2.18. The second-order valence-corrected chi connectivity index (χ2v) is 8.65. The zero-order chi connectivity index (χ0) is 22.5. The van der Waals surface area contributed by atoms with Crippen molar-refractivity contribution in [3.05, 3.63) is 58.4 Å². The predicted octanol–water partition coefficient (Wildman–Crippen LogP) is 3.96. The number of rotatable bonds is 9. The first-order chi connectivity index (χ1) is 15.5. The van der Waals surface area contributed by atoms with Gasteiger partial charge in [-0.1, -0.05) is 23.9 Å². The van der Waals surface area contributed by atoms with Crippen LogP contribution < -0.4 is 15.0 Å². The number of hydrogen-bond donors (Lipinski definition) is 0. The average Bonchev–Trinajstić information content (AvgIpc) is 2.81. The van der Waals surface area contributed by atoms with Crippen LogP contribution in [0, 0.1) is 0 Å². The first-order valence-corrected chi connectivity index (χ1v) is 11.7. The molecule has 1 aliphatic rings. The van der Waals surface area contributed by atoms with E-state index in [4.69, 9.17) is 14.2 Å². The van der Waals surface area contributed by atoms with Crippen molar-refractivity contribution in [3.63, 3.8) is 0 Å². The first kappa shape index (κ1) is 22.4. The van der Waals surface area contributed by atoms with Gasteiger partial charge in [0.25, 0.3) is 5.56 Å². The number of carbonyl (C=O) groups is 1. The van der Waals surface area contributed by atoms with Crippen molar-refractivity contribution in [2.45, 2.75) is 38.1 Å². The number of Topliss-reactive ketones (excluding diaryl/α,β-unsaturated/α-hetero) is 1. The maximum atomic E-state index is 13.1. The molecule has 8 heteroatoms. The minimum atomic E-state index is -0.102. The molecule has 0 radical (unpaired) electrons. The minimum Gasteiger partial charge on any atom is -0.486 e. The van der Waals surface area contributed by atoms with E-state index in [2.05, 4.69) is 4.98 Å². The van der Waals surface area contributed by atoms with E-state index in [1.807, 2.05) is 32.0 Å². The van der Waals surface area contributed by atoms with Crippen LogP contribution in [-0.4, -0.2) is 47.0 Å². The van der Waals surface area contributed by atoms with Crippen LogP contribution >= 0.6 is 11.8 Å². The Balaban J connectivity index is 1.53. The van der Waals surface area contributed by atoms with Crippen molar-refractivity contribution in [1.29, 1.82) is 0 Å². The third kappa shape index (κ3) is 5.14. The summed E-state index contributed by atoms with van der Waals surface area (Å²) in [5.74, 6) is 1.32. The number of benzene rings is 2. The average molecular weight is 455 g/mol. The zero-order valence-electron chi connectivity index (χ0n) is 18.2. The molecular weight excluding hydrogens is 428 g/mol. The van der Waals surface area contributed by atoms with Gasteiger partial charge in [-0.2, -0.15) is 0 Å². The number of ether oxygens (including phenoxy) is 3. The van der Waals surface area contributed by atoms with E-state index in [-0.39, 0.29) is 23.2 Å². The van der Waals surface area contributed by atoms with Gasteiger partial charge in [0.2, 0.25) is 0 Å². The number of hydrogen-bond acceptors (Lipinski definition) is 7. The summed E-state index contributed by atoms with van der Waals surface area (Å²) >= 11 is 1.27. The molecule has 7 nitrogen and oxygen atoms in total. The van der Waals surface area contributed by atoms with E-state index < -0.39 is 0 Å². The van der Waals surface area contributed by atoms with Crippen LogP contribution in [0.25, 0.3) is 10.9 Å². The lowest BCUT2D eigenvalue weighted by Crippen LogP contribution is -2.24. The molecular formula is C24H26N2O5S. The van der Waals surface area contributed by atoms with Gasteiger partial charge in [-0.25, -0.2) is 4.98 Å². The van der Waals surface area contributed by atoms with Crippen molar-refractivity contribution >= 4 is 28.4 Å². The topological polar surface area (TPSA) is 79.7 Å². The number of fused-ring (bicyclic) bond motifs is 2. The fourth-order valence-electron chi connectivity index (χ4n) is 3.43. The van der Waals surface area contributed by atoms with Crippen LogP contribution in [0.15, 0.2) is 52.4 Å². The largest absolute Gasteiger partial charge is 0.486 e. The maximum absolute atomic E-state index is 13.1. The molecule has 0 saturated heterocycles. The molecule has 0 saturated carbocycles. The summed E-state index contributed by atoms with van der Waals surface area (Å²) < 4.78 is 18.4. The molecule has 0 N–H and O–H groups in total. The van der Waals surface area contributed by atoms with Gasteiger partial charge in [-0.05, 0) is 50.6 Å². The summed E-state index contributed by atoms with van der Waals surface area (Å²) in [6, 6.07) is 12.5. The van der Waals surface area contributed by atoms with E-state index in [0.717, 1.165) is 0 Å². The monoisotopic (exact) mass is 454 g/mol. The van der Waals surface area contributed by atoms with Gasteiger partial charge in [0.05, 0.1) is 22.8 Å². The lowest BCUT2D eigenvalue weighted by molar-refractivity contribution is 0.0743. The van der Waals surface area contributed by atoms with E-state index in [1.165, 1.54) is 11.8 Å². The molecule has 32 heavy (non-hydrogen) atoms. The van der Waals surface area contributed by atoms with Gasteiger partial charge in [0.15, 0.2) is 22.4 Å². The zero-order valence-corrected chi connectivity index (χ0v) is 19.0. The number of thioether (sulfide) groups is 1. The summed E-state index contributed by atoms with van der Waals surface area (Å²) in [6.07, 6.45) is 0.820. The highest BCUT2D eigenvalue weighted by molar-refractivity contribution is 7.99. The summed E-state index contributed by atoms with van der Waals surface area (Å²) in [7, 11) is 0. The molecule has 3 aromatic rings. The molecule has 0 fully saturated rings. The number of aromatic nitrogens is 2. The van der Waals surface area contributed by atoms with Crippen molar-refractivity contribution in [2.24, 2.45) is 0 Å². The quantitative estimate of drug-likeness (QED) is 0.210. The number of para-hydroxylation sites is 1. The molecule has 2 heterocycles. The first-order valence-electron chi connectivity index (χ1n) is 10.7. The van der Waals surface area contributed by atoms with Crippen molar-refractivity contribution in [3.8, 4) is 11.5 Å². The Kier molecular flexibility index (Phi) is 7.12. The van der Waals surface area contributed by atoms with Crippen molar-refractivity contribution in [2.75, 3.05) is 25.6 Å². The molecule has 0 amide bonds. The molecule has 0 spiro atoms. The standard InChI is InChI=1S/C24H26N2O5S/c1-16(2)29-11-5-10-26-23(28)18-6-3-4-7-19(18)25-24(26)32-15-20(27)17-8-9-21-22(14-17)31-13-12-30-21/h3-4,6-9,14,16H,5,10-13,15H2,1-2H3. The highest BCUT2D eigenvalue weighted by atomic mass is 32.2. The van der Waals surface area contributed by atoms with Crippen LogP contribution in [-0.2, 0) is 11.3 Å². The van der Waals surface area contributed by atoms with Gasteiger partial charge < -0.3 is 14.2 Å². The van der Waals surface area contributed by atoms with E-state index in [9.17, 15) is 9.59 Å². The molecule has 0 aliphatic carbocycles. The van der Waals surface area contributed by atoms with Crippen LogP contribution in [0.5, 0.6) is 11.5 Å². The Labute approximate surface area is 190 Å². The molecule has 0 atom stereocenters. The Bertz CT molecular complexity index is 1170. The second-order valence-electron chi connectivity index (χ2n) is 7.71. The Morgan fingerprint density at radius 3 is 2.75 bits per heavy atom. The third-order valence-corrected chi connectivity index (χ3v) is 5.98. The molecule has 0 unspecified atom stereocenters. The molecule has 0 bridgehead atoms. The van der Waals surface area contributed by atoms with Crippen LogP contribution in [0.2, 0.25) is 0 Å². The number of ketones is 1. The normalized spacial score (nSPS) is 13.0. The molecule has 2 aromatic carbocycles. The van der Waals surface area contributed by atoms with Gasteiger partial charge >= 0.3 is 0 Å².